The number of aryl methyl sites for hydroxylation is 2. The molecule has 0 atom stereocenters. The minimum Gasteiger partial charge on any atom is -0.298 e. The molecule has 2 aromatic rings. The maximum atomic E-state index is 13.9. The fourth-order valence-electron chi connectivity index (χ4n) is 5.89. The molecule has 0 radical (unpaired) electrons. The number of para-hydroxylation sites is 2. The Bertz CT molecular complexity index is 991. The molecule has 0 saturated heterocycles. The van der Waals surface area contributed by atoms with Gasteiger partial charge in [-0.1, -0.05) is 68.5 Å². The number of hydrogen-bond acceptors (Lipinski definition) is 4. The minimum atomic E-state index is -0.713. The van der Waals surface area contributed by atoms with Gasteiger partial charge in [0, 0.05) is 0 Å². The van der Waals surface area contributed by atoms with Gasteiger partial charge in [0.25, 0.3) is 0 Å². The summed E-state index contributed by atoms with van der Waals surface area (Å²) in [4.78, 5) is 27.7. The molecule has 0 bridgehead atoms. The monoisotopic (exact) mass is 448 g/mol. The molecule has 6 nitrogen and oxygen atoms in total. The number of benzene rings is 2. The van der Waals surface area contributed by atoms with Crippen LogP contribution >= 0.6 is 0 Å². The van der Waals surface area contributed by atoms with E-state index in [1.807, 2.05) is 62.4 Å². The summed E-state index contributed by atoms with van der Waals surface area (Å²) in [5.74, 6) is -0.116. The Morgan fingerprint density at radius 2 is 0.970 bits per heavy atom. The lowest BCUT2D eigenvalue weighted by molar-refractivity contribution is -0.155. The Morgan fingerprint density at radius 1 is 0.606 bits per heavy atom. The number of hydrazine groups is 2. The summed E-state index contributed by atoms with van der Waals surface area (Å²) in [6.45, 7) is 4.02. The van der Waals surface area contributed by atoms with Crippen molar-refractivity contribution in [3.63, 3.8) is 0 Å². The van der Waals surface area contributed by atoms with Crippen LogP contribution in [-0.2, 0) is 9.59 Å². The van der Waals surface area contributed by atoms with Gasteiger partial charge < -0.3 is 0 Å². The molecule has 2 aliphatic rings. The summed E-state index contributed by atoms with van der Waals surface area (Å²) in [5, 5.41) is 0. The second kappa shape index (κ2) is 9.86. The first-order valence-electron chi connectivity index (χ1n) is 12.2. The van der Waals surface area contributed by atoms with Crippen LogP contribution in [0.4, 0.5) is 11.4 Å². The summed E-state index contributed by atoms with van der Waals surface area (Å²) in [7, 11) is 0. The Labute approximate surface area is 196 Å². The molecule has 0 spiro atoms. The van der Waals surface area contributed by atoms with E-state index >= 15 is 0 Å². The Balaban J connectivity index is 1.58. The van der Waals surface area contributed by atoms with Crippen molar-refractivity contribution in [2.24, 2.45) is 10.8 Å². The lowest BCUT2D eigenvalue weighted by Crippen LogP contribution is -2.60. The topological polar surface area (TPSA) is 82.3 Å². The van der Waals surface area contributed by atoms with E-state index in [0.29, 0.717) is 0 Å². The summed E-state index contributed by atoms with van der Waals surface area (Å²) < 4.78 is 0. The zero-order chi connectivity index (χ0) is 23.3. The molecular formula is C27H36N4O2. The zero-order valence-electron chi connectivity index (χ0n) is 19.8. The van der Waals surface area contributed by atoms with Crippen LogP contribution in [0.25, 0.3) is 0 Å². The minimum absolute atomic E-state index is 0.0570. The van der Waals surface area contributed by atoms with Gasteiger partial charge in [0.15, 0.2) is 0 Å². The highest BCUT2D eigenvalue weighted by Gasteiger charge is 2.61. The van der Waals surface area contributed by atoms with Crippen molar-refractivity contribution in [2.45, 2.75) is 71.6 Å². The molecule has 0 aromatic heterocycles. The van der Waals surface area contributed by atoms with E-state index < -0.39 is 10.8 Å². The lowest BCUT2D eigenvalue weighted by atomic mass is 9.55. The lowest BCUT2D eigenvalue weighted by Gasteiger charge is -2.48. The van der Waals surface area contributed by atoms with Crippen LogP contribution in [0.5, 0.6) is 0 Å². The molecule has 0 heterocycles. The molecule has 4 rings (SSSR count). The second-order valence-electron chi connectivity index (χ2n) is 9.72. The molecule has 2 fully saturated rings. The standard InChI is InChI=1S/C27H36N4O2/c1-20-12-4-6-14-22(20)28-30-24(32)26(16-8-3-9-17-26)27(18-10-11-19-27)25(33)31-29-23-15-7-5-13-21(23)2/h4-7,12-15,28-29H,3,8-11,16-19H2,1-2H3,(H,30,32)(H,31,33). The van der Waals surface area contributed by atoms with Gasteiger partial charge in [-0.15, -0.1) is 0 Å². The molecule has 2 amide bonds. The maximum Gasteiger partial charge on any atom is 0.245 e. The summed E-state index contributed by atoms with van der Waals surface area (Å²) in [6.07, 6.45) is 7.96. The Morgan fingerprint density at radius 3 is 1.36 bits per heavy atom. The van der Waals surface area contributed by atoms with Gasteiger partial charge in [-0.3, -0.25) is 31.3 Å². The van der Waals surface area contributed by atoms with Gasteiger partial charge >= 0.3 is 0 Å². The average Bonchev–Trinajstić information content (AvgIpc) is 3.35. The third kappa shape index (κ3) is 4.43. The van der Waals surface area contributed by atoms with Crippen LogP contribution in [0, 0.1) is 24.7 Å². The van der Waals surface area contributed by atoms with Crippen LogP contribution in [0.2, 0.25) is 0 Å². The van der Waals surface area contributed by atoms with Crippen molar-refractivity contribution in [1.29, 1.82) is 0 Å². The Hall–Kier alpha value is -3.02. The molecule has 2 aliphatic carbocycles. The normalized spacial score (nSPS) is 18.8. The molecule has 0 unspecified atom stereocenters. The van der Waals surface area contributed by atoms with Gasteiger partial charge in [0.2, 0.25) is 11.8 Å². The molecule has 2 aromatic carbocycles. The van der Waals surface area contributed by atoms with E-state index in [1.165, 1.54) is 0 Å². The summed E-state index contributed by atoms with van der Waals surface area (Å²) in [6, 6.07) is 15.8. The van der Waals surface area contributed by atoms with E-state index in [-0.39, 0.29) is 11.8 Å². The SMILES string of the molecule is Cc1ccccc1NNC(=O)C1(C2(C(=O)NNc3ccccc3C)CCCC2)CCCCC1. The highest BCUT2D eigenvalue weighted by molar-refractivity contribution is 5.94. The Kier molecular flexibility index (Phi) is 6.91. The third-order valence-electron chi connectivity index (χ3n) is 7.86. The van der Waals surface area contributed by atoms with Gasteiger partial charge in [-0.25, -0.2) is 0 Å². The molecular weight excluding hydrogens is 412 g/mol. The van der Waals surface area contributed by atoms with Gasteiger partial charge in [-0.2, -0.15) is 0 Å². The van der Waals surface area contributed by atoms with E-state index in [1.54, 1.807) is 0 Å². The maximum absolute atomic E-state index is 13.9. The van der Waals surface area contributed by atoms with Crippen LogP contribution in [0.1, 0.15) is 68.9 Å². The van der Waals surface area contributed by atoms with Crippen molar-refractivity contribution >= 4 is 23.2 Å². The number of amides is 2. The van der Waals surface area contributed by atoms with E-state index in [9.17, 15) is 9.59 Å². The van der Waals surface area contributed by atoms with E-state index in [2.05, 4.69) is 21.7 Å². The first-order valence-corrected chi connectivity index (χ1v) is 12.2. The largest absolute Gasteiger partial charge is 0.298 e. The van der Waals surface area contributed by atoms with Crippen molar-refractivity contribution in [2.75, 3.05) is 10.9 Å². The fraction of sp³-hybridized carbons (Fsp3) is 0.481. The highest BCUT2D eigenvalue weighted by Crippen LogP contribution is 2.58. The highest BCUT2D eigenvalue weighted by atomic mass is 16.2. The quantitative estimate of drug-likeness (QED) is 0.428. The molecule has 4 N–H and O–H groups in total. The number of carbonyl (C=O) groups is 2. The van der Waals surface area contributed by atoms with Crippen molar-refractivity contribution in [3.05, 3.63) is 59.7 Å². The predicted molar refractivity (Wildman–Crippen MR) is 132 cm³/mol. The van der Waals surface area contributed by atoms with Crippen LogP contribution in [-0.4, -0.2) is 11.8 Å². The molecule has 176 valence electrons. The number of carbonyl (C=O) groups excluding carboxylic acids is 2. The van der Waals surface area contributed by atoms with Crippen molar-refractivity contribution in [3.8, 4) is 0 Å². The number of hydrogen-bond donors (Lipinski definition) is 4. The predicted octanol–water partition coefficient (Wildman–Crippen LogP) is 5.40. The summed E-state index contributed by atoms with van der Waals surface area (Å²) in [5.41, 5.74) is 14.7. The van der Waals surface area contributed by atoms with Crippen molar-refractivity contribution < 1.29 is 9.59 Å². The van der Waals surface area contributed by atoms with Gasteiger partial charge in [0.05, 0.1) is 22.2 Å². The van der Waals surface area contributed by atoms with E-state index in [4.69, 9.17) is 0 Å². The van der Waals surface area contributed by atoms with Crippen LogP contribution in [0.3, 0.4) is 0 Å². The number of nitrogens with one attached hydrogen (secondary N) is 4. The first kappa shape index (κ1) is 23.1. The zero-order valence-corrected chi connectivity index (χ0v) is 19.8. The van der Waals surface area contributed by atoms with Crippen molar-refractivity contribution in [1.82, 2.24) is 10.9 Å². The number of anilines is 2. The van der Waals surface area contributed by atoms with Gasteiger partial charge in [0.1, 0.15) is 0 Å². The summed E-state index contributed by atoms with van der Waals surface area (Å²) >= 11 is 0. The van der Waals surface area contributed by atoms with Crippen LogP contribution in [0.15, 0.2) is 48.5 Å². The van der Waals surface area contributed by atoms with Gasteiger partial charge in [-0.05, 0) is 62.8 Å². The molecule has 2 saturated carbocycles. The fourth-order valence-corrected chi connectivity index (χ4v) is 5.89. The van der Waals surface area contributed by atoms with E-state index in [0.717, 1.165) is 80.3 Å². The third-order valence-corrected chi connectivity index (χ3v) is 7.86. The average molecular weight is 449 g/mol. The number of rotatable bonds is 7. The molecule has 0 aliphatic heterocycles. The first-order chi connectivity index (χ1) is 16.0. The molecule has 6 heteroatoms. The molecule has 33 heavy (non-hydrogen) atoms. The van der Waals surface area contributed by atoms with Crippen LogP contribution < -0.4 is 21.7 Å². The smallest absolute Gasteiger partial charge is 0.245 e. The second-order valence-corrected chi connectivity index (χ2v) is 9.72.